The Balaban J connectivity index is 1.59. The Bertz CT molecular complexity index is 1070. The molecule has 2 aromatic heterocycles. The van der Waals surface area contributed by atoms with Crippen LogP contribution in [-0.2, 0) is 6.54 Å². The van der Waals surface area contributed by atoms with E-state index >= 15 is 0 Å². The summed E-state index contributed by atoms with van der Waals surface area (Å²) in [5.41, 5.74) is 3.05. The monoisotopic (exact) mass is 394 g/mol. The lowest BCUT2D eigenvalue weighted by atomic mass is 10.1. The van der Waals surface area contributed by atoms with Crippen molar-refractivity contribution in [3.05, 3.63) is 46.5 Å². The molecule has 0 aliphatic carbocycles. The van der Waals surface area contributed by atoms with Gasteiger partial charge in [0.25, 0.3) is 5.91 Å². The Morgan fingerprint density at radius 3 is 2.48 bits per heavy atom. The predicted octanol–water partition coefficient (Wildman–Crippen LogP) is 1.83. The average Bonchev–Trinajstić information content (AvgIpc) is 3.02. The second-order valence-corrected chi connectivity index (χ2v) is 8.03. The lowest BCUT2D eigenvalue weighted by Gasteiger charge is -2.32. The fourth-order valence-electron chi connectivity index (χ4n) is 3.57. The highest BCUT2D eigenvalue weighted by Gasteiger charge is 2.20. The first-order chi connectivity index (χ1) is 13.9. The van der Waals surface area contributed by atoms with Gasteiger partial charge in [-0.25, -0.2) is 14.8 Å². The summed E-state index contributed by atoms with van der Waals surface area (Å²) >= 11 is 0. The van der Waals surface area contributed by atoms with E-state index in [0.29, 0.717) is 35.0 Å². The van der Waals surface area contributed by atoms with Gasteiger partial charge in [-0.05, 0) is 25.1 Å². The van der Waals surface area contributed by atoms with Crippen LogP contribution in [0.5, 0.6) is 0 Å². The second-order valence-electron chi connectivity index (χ2n) is 8.03. The standard InChI is InChI=1S/C21H26N6O2/c1-14(2)13-27-19-18(24-21(27)29)22-12-17(23-19)15-4-6-16(7-5-15)20(28)26-10-8-25(3)9-11-26/h4-7,12,14H,8-11,13H2,1-3H3,(H,22,24,29). The summed E-state index contributed by atoms with van der Waals surface area (Å²) in [5.74, 6) is 0.375. The molecule has 4 rings (SSSR count). The highest BCUT2D eigenvalue weighted by atomic mass is 16.2. The predicted molar refractivity (Wildman–Crippen MR) is 112 cm³/mol. The van der Waals surface area contributed by atoms with Crippen LogP contribution in [0.2, 0.25) is 0 Å². The number of carbonyl (C=O) groups is 1. The van der Waals surface area contributed by atoms with Gasteiger partial charge in [-0.2, -0.15) is 0 Å². The number of nitrogens with zero attached hydrogens (tertiary/aromatic N) is 5. The van der Waals surface area contributed by atoms with E-state index in [1.807, 2.05) is 29.2 Å². The number of likely N-dealkylation sites (N-methyl/N-ethyl adjacent to an activating group) is 1. The molecule has 0 bridgehead atoms. The molecule has 0 saturated carbocycles. The Morgan fingerprint density at radius 2 is 1.83 bits per heavy atom. The second kappa shape index (κ2) is 7.79. The van der Waals surface area contributed by atoms with Crippen molar-refractivity contribution in [2.24, 2.45) is 5.92 Å². The fraction of sp³-hybridized carbons (Fsp3) is 0.429. The van der Waals surface area contributed by atoms with E-state index in [0.717, 1.165) is 31.7 Å². The number of carbonyl (C=O) groups excluding carboxylic acids is 1. The molecule has 1 amide bonds. The van der Waals surface area contributed by atoms with E-state index in [-0.39, 0.29) is 11.6 Å². The van der Waals surface area contributed by atoms with Crippen LogP contribution in [0.1, 0.15) is 24.2 Å². The molecule has 8 nitrogen and oxygen atoms in total. The maximum absolute atomic E-state index is 12.7. The van der Waals surface area contributed by atoms with Crippen LogP contribution in [-0.4, -0.2) is 68.5 Å². The van der Waals surface area contributed by atoms with E-state index in [4.69, 9.17) is 0 Å². The molecule has 0 atom stereocenters. The first-order valence-electron chi connectivity index (χ1n) is 9.96. The van der Waals surface area contributed by atoms with Crippen LogP contribution in [0, 0.1) is 5.92 Å². The molecule has 1 aliphatic rings. The Labute approximate surface area is 169 Å². The molecular formula is C21H26N6O2. The third kappa shape index (κ3) is 3.93. The van der Waals surface area contributed by atoms with Gasteiger partial charge in [-0.3, -0.25) is 14.3 Å². The number of aromatic nitrogens is 4. The number of hydrogen-bond donors (Lipinski definition) is 1. The summed E-state index contributed by atoms with van der Waals surface area (Å²) in [5, 5.41) is 0. The SMILES string of the molecule is CC(C)Cn1c(=O)[nH]c2ncc(-c3ccc(C(=O)N4CCN(C)CC4)cc3)nc21. The van der Waals surface area contributed by atoms with Gasteiger partial charge in [-0.1, -0.05) is 26.0 Å². The van der Waals surface area contributed by atoms with E-state index in [1.165, 1.54) is 0 Å². The zero-order valence-electron chi connectivity index (χ0n) is 17.1. The van der Waals surface area contributed by atoms with Crippen LogP contribution in [0.3, 0.4) is 0 Å². The normalized spacial score (nSPS) is 15.4. The van der Waals surface area contributed by atoms with Crippen molar-refractivity contribution in [2.75, 3.05) is 33.2 Å². The van der Waals surface area contributed by atoms with Crippen LogP contribution in [0.4, 0.5) is 0 Å². The van der Waals surface area contributed by atoms with Crippen molar-refractivity contribution in [1.82, 2.24) is 29.3 Å². The van der Waals surface area contributed by atoms with Crippen LogP contribution >= 0.6 is 0 Å². The minimum atomic E-state index is -0.195. The molecule has 3 aromatic rings. The highest BCUT2D eigenvalue weighted by Crippen LogP contribution is 2.20. The smallest absolute Gasteiger partial charge is 0.328 e. The zero-order chi connectivity index (χ0) is 20.5. The quantitative estimate of drug-likeness (QED) is 0.730. The van der Waals surface area contributed by atoms with Crippen molar-refractivity contribution in [3.63, 3.8) is 0 Å². The number of rotatable bonds is 4. The maximum Gasteiger partial charge on any atom is 0.328 e. The van der Waals surface area contributed by atoms with Crippen molar-refractivity contribution in [3.8, 4) is 11.3 Å². The van der Waals surface area contributed by atoms with Crippen molar-refractivity contribution >= 4 is 17.2 Å². The fourth-order valence-corrected chi connectivity index (χ4v) is 3.57. The zero-order valence-corrected chi connectivity index (χ0v) is 17.1. The van der Waals surface area contributed by atoms with Gasteiger partial charge < -0.3 is 9.80 Å². The van der Waals surface area contributed by atoms with Gasteiger partial charge in [-0.15, -0.1) is 0 Å². The number of fused-ring (bicyclic) bond motifs is 1. The van der Waals surface area contributed by atoms with Gasteiger partial charge in [0, 0.05) is 43.9 Å². The molecule has 29 heavy (non-hydrogen) atoms. The van der Waals surface area contributed by atoms with Gasteiger partial charge in [0.15, 0.2) is 11.3 Å². The molecule has 0 spiro atoms. The van der Waals surface area contributed by atoms with Crippen molar-refractivity contribution in [1.29, 1.82) is 0 Å². The Morgan fingerprint density at radius 1 is 1.14 bits per heavy atom. The molecule has 8 heteroatoms. The topological polar surface area (TPSA) is 87.1 Å². The van der Waals surface area contributed by atoms with Crippen LogP contribution in [0.25, 0.3) is 22.6 Å². The van der Waals surface area contributed by atoms with Gasteiger partial charge in [0.05, 0.1) is 11.9 Å². The molecule has 0 radical (unpaired) electrons. The summed E-state index contributed by atoms with van der Waals surface area (Å²) < 4.78 is 1.63. The molecule has 1 fully saturated rings. The van der Waals surface area contributed by atoms with Crippen LogP contribution < -0.4 is 5.69 Å². The van der Waals surface area contributed by atoms with E-state index in [2.05, 4.69) is 40.7 Å². The maximum atomic E-state index is 12.7. The van der Waals surface area contributed by atoms with Gasteiger partial charge in [0.1, 0.15) is 0 Å². The minimum absolute atomic E-state index is 0.0580. The molecule has 152 valence electrons. The van der Waals surface area contributed by atoms with Crippen molar-refractivity contribution in [2.45, 2.75) is 20.4 Å². The summed E-state index contributed by atoms with van der Waals surface area (Å²) in [6.45, 7) is 7.98. The number of nitrogens with one attached hydrogen (secondary N) is 1. The van der Waals surface area contributed by atoms with Gasteiger partial charge in [0.2, 0.25) is 0 Å². The van der Waals surface area contributed by atoms with Crippen molar-refractivity contribution < 1.29 is 4.79 Å². The third-order valence-corrected chi connectivity index (χ3v) is 5.25. The summed E-state index contributed by atoms with van der Waals surface area (Å²) in [4.78, 5) is 40.8. The molecule has 1 N–H and O–H groups in total. The molecule has 1 aromatic carbocycles. The lowest BCUT2D eigenvalue weighted by molar-refractivity contribution is 0.0664. The largest absolute Gasteiger partial charge is 0.336 e. The number of aromatic amines is 1. The average molecular weight is 394 g/mol. The highest BCUT2D eigenvalue weighted by molar-refractivity contribution is 5.94. The number of benzene rings is 1. The first-order valence-corrected chi connectivity index (χ1v) is 9.96. The number of hydrogen-bond acceptors (Lipinski definition) is 5. The first kappa shape index (κ1) is 19.3. The number of piperazine rings is 1. The number of H-pyrrole nitrogens is 1. The van der Waals surface area contributed by atoms with E-state index in [1.54, 1.807) is 10.8 Å². The van der Waals surface area contributed by atoms with E-state index in [9.17, 15) is 9.59 Å². The minimum Gasteiger partial charge on any atom is -0.336 e. The van der Waals surface area contributed by atoms with Gasteiger partial charge >= 0.3 is 5.69 Å². The van der Waals surface area contributed by atoms with E-state index < -0.39 is 0 Å². The number of imidazole rings is 1. The summed E-state index contributed by atoms with van der Waals surface area (Å²) in [7, 11) is 2.07. The molecular weight excluding hydrogens is 368 g/mol. The molecule has 0 unspecified atom stereocenters. The third-order valence-electron chi connectivity index (χ3n) is 5.25. The Kier molecular flexibility index (Phi) is 5.19. The Hall–Kier alpha value is -3.00. The molecule has 3 heterocycles. The van der Waals surface area contributed by atoms with Crippen LogP contribution in [0.15, 0.2) is 35.3 Å². The summed E-state index contributed by atoms with van der Waals surface area (Å²) in [6.07, 6.45) is 1.65. The summed E-state index contributed by atoms with van der Waals surface area (Å²) in [6, 6.07) is 7.44. The number of amides is 1. The lowest BCUT2D eigenvalue weighted by Crippen LogP contribution is -2.47. The molecule has 1 aliphatic heterocycles. The molecule has 1 saturated heterocycles.